The zero-order chi connectivity index (χ0) is 19.4. The molecule has 1 aliphatic heterocycles. The van der Waals surface area contributed by atoms with Gasteiger partial charge in [-0.1, -0.05) is 29.4 Å². The lowest BCUT2D eigenvalue weighted by atomic mass is 10.1. The highest BCUT2D eigenvalue weighted by Crippen LogP contribution is 2.37. The van der Waals surface area contributed by atoms with Crippen molar-refractivity contribution in [1.29, 1.82) is 0 Å². The SMILES string of the molecule is CN1Cc2ccc(-c3noc(C(F)(F)F)n3)cc2S(=O)(=O)c2ccccc21. The molecule has 0 N–H and O–H groups in total. The Kier molecular flexibility index (Phi) is 3.77. The molecule has 0 amide bonds. The van der Waals surface area contributed by atoms with E-state index in [4.69, 9.17) is 0 Å². The first-order valence-corrected chi connectivity index (χ1v) is 9.26. The lowest BCUT2D eigenvalue weighted by Crippen LogP contribution is -2.15. The van der Waals surface area contributed by atoms with E-state index in [2.05, 4.69) is 14.7 Å². The van der Waals surface area contributed by atoms with E-state index in [0.29, 0.717) is 17.8 Å². The minimum atomic E-state index is -4.77. The van der Waals surface area contributed by atoms with Gasteiger partial charge in [0, 0.05) is 19.2 Å². The van der Waals surface area contributed by atoms with Crippen LogP contribution in [-0.2, 0) is 22.6 Å². The predicted molar refractivity (Wildman–Crippen MR) is 88.7 cm³/mol. The summed E-state index contributed by atoms with van der Waals surface area (Å²) in [5.41, 5.74) is 1.20. The number of nitrogens with zero attached hydrogens (tertiary/aromatic N) is 3. The molecule has 0 spiro atoms. The average molecular weight is 395 g/mol. The highest BCUT2D eigenvalue weighted by atomic mass is 32.2. The maximum atomic E-state index is 13.1. The first-order valence-electron chi connectivity index (χ1n) is 7.77. The van der Waals surface area contributed by atoms with E-state index in [-0.39, 0.29) is 21.2 Å². The smallest absolute Gasteiger partial charge is 0.369 e. The Morgan fingerprint density at radius 2 is 1.85 bits per heavy atom. The minimum absolute atomic E-state index is 0.00941. The minimum Gasteiger partial charge on any atom is -0.369 e. The molecule has 4 rings (SSSR count). The molecule has 0 saturated heterocycles. The van der Waals surface area contributed by atoms with Crippen LogP contribution in [0.1, 0.15) is 11.5 Å². The van der Waals surface area contributed by atoms with Gasteiger partial charge in [0.2, 0.25) is 15.7 Å². The second kappa shape index (κ2) is 5.81. The van der Waals surface area contributed by atoms with Gasteiger partial charge in [-0.05, 0) is 23.8 Å². The Morgan fingerprint density at radius 3 is 2.56 bits per heavy atom. The molecule has 6 nitrogen and oxygen atoms in total. The van der Waals surface area contributed by atoms with Crippen LogP contribution in [0.5, 0.6) is 0 Å². The van der Waals surface area contributed by atoms with Crippen molar-refractivity contribution in [3.8, 4) is 11.4 Å². The van der Waals surface area contributed by atoms with Crippen molar-refractivity contribution in [1.82, 2.24) is 10.1 Å². The number of para-hydroxylation sites is 1. The molecule has 3 aromatic rings. The van der Waals surface area contributed by atoms with Gasteiger partial charge in [-0.2, -0.15) is 18.2 Å². The number of fused-ring (bicyclic) bond motifs is 2. The third-order valence-electron chi connectivity index (χ3n) is 4.26. The van der Waals surface area contributed by atoms with Crippen molar-refractivity contribution in [2.75, 3.05) is 11.9 Å². The number of rotatable bonds is 1. The first kappa shape index (κ1) is 17.5. The van der Waals surface area contributed by atoms with Crippen LogP contribution in [0, 0.1) is 0 Å². The Balaban J connectivity index is 1.88. The van der Waals surface area contributed by atoms with Crippen molar-refractivity contribution < 1.29 is 26.1 Å². The Bertz CT molecular complexity index is 1140. The van der Waals surface area contributed by atoms with E-state index >= 15 is 0 Å². The van der Waals surface area contributed by atoms with Crippen molar-refractivity contribution >= 4 is 15.5 Å². The number of aromatic nitrogens is 2. The number of hydrogen-bond acceptors (Lipinski definition) is 6. The lowest BCUT2D eigenvalue weighted by Gasteiger charge is -2.18. The summed E-state index contributed by atoms with van der Waals surface area (Å²) in [6.07, 6.45) is -4.77. The van der Waals surface area contributed by atoms with Gasteiger partial charge in [-0.3, -0.25) is 0 Å². The third-order valence-corrected chi connectivity index (χ3v) is 6.14. The second-order valence-corrected chi connectivity index (χ2v) is 7.96. The van der Waals surface area contributed by atoms with E-state index in [1.807, 2.05) is 0 Å². The predicted octanol–water partition coefficient (Wildman–Crippen LogP) is 3.54. The Morgan fingerprint density at radius 1 is 1.11 bits per heavy atom. The van der Waals surface area contributed by atoms with E-state index in [1.54, 1.807) is 36.2 Å². The molecule has 2 aromatic carbocycles. The highest BCUT2D eigenvalue weighted by Gasteiger charge is 2.38. The van der Waals surface area contributed by atoms with Crippen LogP contribution < -0.4 is 4.90 Å². The Hall–Kier alpha value is -2.88. The molecule has 10 heteroatoms. The number of hydrogen-bond donors (Lipinski definition) is 0. The van der Waals surface area contributed by atoms with Crippen LogP contribution in [0.2, 0.25) is 0 Å². The molecule has 27 heavy (non-hydrogen) atoms. The van der Waals surface area contributed by atoms with E-state index in [1.165, 1.54) is 18.2 Å². The van der Waals surface area contributed by atoms with Crippen LogP contribution in [0.15, 0.2) is 56.8 Å². The second-order valence-electron chi connectivity index (χ2n) is 6.07. The Labute approximate surface area is 152 Å². The molecule has 0 fully saturated rings. The number of benzene rings is 2. The molecule has 0 radical (unpaired) electrons. The van der Waals surface area contributed by atoms with E-state index in [0.717, 1.165) is 0 Å². The van der Waals surface area contributed by atoms with Crippen molar-refractivity contribution in [3.63, 3.8) is 0 Å². The van der Waals surface area contributed by atoms with Crippen LogP contribution in [0.25, 0.3) is 11.4 Å². The lowest BCUT2D eigenvalue weighted by molar-refractivity contribution is -0.159. The summed E-state index contributed by atoms with van der Waals surface area (Å²) in [4.78, 5) is 5.26. The number of sulfone groups is 1. The molecule has 0 bridgehead atoms. The molecule has 0 saturated carbocycles. The maximum Gasteiger partial charge on any atom is 0.471 e. The van der Waals surface area contributed by atoms with Crippen molar-refractivity contribution in [2.24, 2.45) is 0 Å². The summed E-state index contributed by atoms with van der Waals surface area (Å²) in [6, 6.07) is 10.9. The van der Waals surface area contributed by atoms with Gasteiger partial charge in [-0.15, -0.1) is 0 Å². The van der Waals surface area contributed by atoms with Gasteiger partial charge in [0.15, 0.2) is 0 Å². The molecule has 140 valence electrons. The van der Waals surface area contributed by atoms with Crippen LogP contribution in [0.4, 0.5) is 18.9 Å². The average Bonchev–Trinajstić information content (AvgIpc) is 3.09. The van der Waals surface area contributed by atoms with Crippen LogP contribution >= 0.6 is 0 Å². The summed E-state index contributed by atoms with van der Waals surface area (Å²) in [5, 5.41) is 3.32. The van der Waals surface area contributed by atoms with Crippen LogP contribution in [0.3, 0.4) is 0 Å². The zero-order valence-electron chi connectivity index (χ0n) is 13.9. The fourth-order valence-electron chi connectivity index (χ4n) is 2.99. The monoisotopic (exact) mass is 395 g/mol. The third kappa shape index (κ3) is 2.85. The molecule has 0 unspecified atom stereocenters. The summed E-state index contributed by atoms with van der Waals surface area (Å²) in [7, 11) is -2.10. The quantitative estimate of drug-likeness (QED) is 0.627. The number of anilines is 1. The molecule has 2 heterocycles. The standard InChI is InChI=1S/C17H12F3N3O3S/c1-23-9-11-7-6-10(15-21-16(26-22-15)17(18,19)20)8-14(11)27(24,25)13-5-3-2-4-12(13)23/h2-8H,9H2,1H3. The van der Waals surface area contributed by atoms with Crippen molar-refractivity contribution in [2.45, 2.75) is 22.5 Å². The molecular formula is C17H12F3N3O3S. The van der Waals surface area contributed by atoms with E-state index in [9.17, 15) is 21.6 Å². The summed E-state index contributed by atoms with van der Waals surface area (Å²) in [6.45, 7) is 0.325. The molecule has 0 aliphatic carbocycles. The summed E-state index contributed by atoms with van der Waals surface area (Å²) in [5.74, 6) is -1.81. The van der Waals surface area contributed by atoms with Gasteiger partial charge < -0.3 is 9.42 Å². The molecule has 1 aliphatic rings. The highest BCUT2D eigenvalue weighted by molar-refractivity contribution is 7.91. The number of halogens is 3. The molecular weight excluding hydrogens is 383 g/mol. The summed E-state index contributed by atoms with van der Waals surface area (Å²) < 4.78 is 68.5. The first-order chi connectivity index (χ1) is 12.7. The summed E-state index contributed by atoms with van der Waals surface area (Å²) >= 11 is 0. The van der Waals surface area contributed by atoms with Crippen molar-refractivity contribution in [3.05, 3.63) is 53.9 Å². The maximum absolute atomic E-state index is 13.1. The fourth-order valence-corrected chi connectivity index (χ4v) is 4.74. The van der Waals surface area contributed by atoms with Crippen LogP contribution in [-0.4, -0.2) is 25.6 Å². The van der Waals surface area contributed by atoms with Gasteiger partial charge in [0.05, 0.1) is 15.5 Å². The fraction of sp³-hybridized carbons (Fsp3) is 0.176. The zero-order valence-corrected chi connectivity index (χ0v) is 14.7. The van der Waals surface area contributed by atoms with Gasteiger partial charge in [-0.25, -0.2) is 8.42 Å². The molecule has 1 aromatic heterocycles. The van der Waals surface area contributed by atoms with Gasteiger partial charge >= 0.3 is 12.1 Å². The topological polar surface area (TPSA) is 76.3 Å². The largest absolute Gasteiger partial charge is 0.471 e. The normalized spacial score (nSPS) is 15.8. The van der Waals surface area contributed by atoms with E-state index < -0.39 is 21.9 Å². The van der Waals surface area contributed by atoms with Gasteiger partial charge in [0.1, 0.15) is 0 Å². The molecule has 0 atom stereocenters. The van der Waals surface area contributed by atoms with Gasteiger partial charge in [0.25, 0.3) is 0 Å². The number of alkyl halides is 3.